The van der Waals surface area contributed by atoms with Crippen LogP contribution in [0.5, 0.6) is 0 Å². The Kier molecular flexibility index (Phi) is 3.37. The first kappa shape index (κ1) is 10.9. The zero-order valence-corrected chi connectivity index (χ0v) is 9.50. The molecule has 0 radical (unpaired) electrons. The van der Waals surface area contributed by atoms with E-state index in [0.29, 0.717) is 0 Å². The number of imidazole rings is 1. The molecule has 2 rings (SSSR count). The van der Waals surface area contributed by atoms with Gasteiger partial charge in [0.1, 0.15) is 0 Å². The molecule has 84 valence electrons. The van der Waals surface area contributed by atoms with Crippen molar-refractivity contribution in [3.63, 3.8) is 0 Å². The molecule has 0 aliphatic heterocycles. The van der Waals surface area contributed by atoms with Crippen molar-refractivity contribution in [3.8, 4) is 0 Å². The van der Waals surface area contributed by atoms with Crippen molar-refractivity contribution in [2.45, 2.75) is 25.9 Å². The van der Waals surface area contributed by atoms with E-state index in [4.69, 9.17) is 5.73 Å². The number of aromatic nitrogens is 2. The summed E-state index contributed by atoms with van der Waals surface area (Å²) < 4.78 is 2.00. The van der Waals surface area contributed by atoms with E-state index in [1.807, 2.05) is 10.8 Å². The highest BCUT2D eigenvalue weighted by Gasteiger charge is 2.05. The van der Waals surface area contributed by atoms with E-state index in [0.717, 1.165) is 13.0 Å². The van der Waals surface area contributed by atoms with E-state index in [-0.39, 0.29) is 6.04 Å². The Hall–Kier alpha value is -1.61. The predicted molar refractivity (Wildman–Crippen MR) is 65.0 cm³/mol. The quantitative estimate of drug-likeness (QED) is 0.849. The second kappa shape index (κ2) is 4.94. The largest absolute Gasteiger partial charge is 0.336 e. The Morgan fingerprint density at radius 3 is 2.62 bits per heavy atom. The van der Waals surface area contributed by atoms with Gasteiger partial charge in [-0.15, -0.1) is 0 Å². The number of rotatable bonds is 4. The molecule has 1 aromatic carbocycles. The van der Waals surface area contributed by atoms with Crippen LogP contribution in [-0.2, 0) is 13.0 Å². The highest BCUT2D eigenvalue weighted by atomic mass is 15.0. The Labute approximate surface area is 95.9 Å². The minimum atomic E-state index is 0.0279. The molecular formula is C13H17N3. The lowest BCUT2D eigenvalue weighted by Gasteiger charge is -2.13. The summed E-state index contributed by atoms with van der Waals surface area (Å²) in [5.74, 6) is 0. The first-order valence-corrected chi connectivity index (χ1v) is 5.59. The number of aryl methyl sites for hydroxylation is 1. The summed E-state index contributed by atoms with van der Waals surface area (Å²) in [6, 6.07) is 8.53. The summed E-state index contributed by atoms with van der Waals surface area (Å²) in [5.41, 5.74) is 8.65. The van der Waals surface area contributed by atoms with Gasteiger partial charge in [-0.05, 0) is 17.5 Å². The molecule has 1 unspecified atom stereocenters. The lowest BCUT2D eigenvalue weighted by atomic mass is 10.0. The minimum absolute atomic E-state index is 0.0279. The van der Waals surface area contributed by atoms with Crippen LogP contribution in [0.15, 0.2) is 43.0 Å². The minimum Gasteiger partial charge on any atom is -0.336 e. The molecular weight excluding hydrogens is 198 g/mol. The molecule has 0 aliphatic carbocycles. The molecule has 0 amide bonds. The Bertz CT molecular complexity index is 417. The lowest BCUT2D eigenvalue weighted by molar-refractivity contribution is 0.576. The summed E-state index contributed by atoms with van der Waals surface area (Å²) in [5, 5.41) is 0. The fraction of sp³-hybridized carbons (Fsp3) is 0.308. The number of nitrogens with zero attached hydrogens (tertiary/aromatic N) is 2. The van der Waals surface area contributed by atoms with Crippen LogP contribution in [0.1, 0.15) is 24.1 Å². The second-order valence-electron chi connectivity index (χ2n) is 3.96. The second-order valence-corrected chi connectivity index (χ2v) is 3.96. The molecule has 2 aromatic rings. The average molecular weight is 215 g/mol. The van der Waals surface area contributed by atoms with E-state index in [1.54, 1.807) is 12.5 Å². The third-order valence-electron chi connectivity index (χ3n) is 2.78. The van der Waals surface area contributed by atoms with Crippen molar-refractivity contribution in [2.24, 2.45) is 5.73 Å². The number of benzene rings is 1. The molecule has 1 atom stereocenters. The first-order valence-electron chi connectivity index (χ1n) is 5.59. The van der Waals surface area contributed by atoms with Crippen LogP contribution in [0.2, 0.25) is 0 Å². The van der Waals surface area contributed by atoms with Gasteiger partial charge < -0.3 is 10.3 Å². The van der Waals surface area contributed by atoms with Gasteiger partial charge in [0, 0.05) is 25.0 Å². The van der Waals surface area contributed by atoms with Crippen LogP contribution in [0.4, 0.5) is 0 Å². The zero-order valence-electron chi connectivity index (χ0n) is 9.50. The lowest BCUT2D eigenvalue weighted by Crippen LogP contribution is -2.16. The molecule has 0 bridgehead atoms. The van der Waals surface area contributed by atoms with Crippen LogP contribution in [0.3, 0.4) is 0 Å². The van der Waals surface area contributed by atoms with Crippen LogP contribution in [0, 0.1) is 0 Å². The molecule has 3 heteroatoms. The van der Waals surface area contributed by atoms with Crippen molar-refractivity contribution in [3.05, 3.63) is 54.1 Å². The number of nitrogens with two attached hydrogens (primary N) is 1. The Morgan fingerprint density at radius 1 is 1.31 bits per heavy atom. The third kappa shape index (κ3) is 2.49. The van der Waals surface area contributed by atoms with Gasteiger partial charge in [-0.3, -0.25) is 0 Å². The van der Waals surface area contributed by atoms with Gasteiger partial charge in [0.05, 0.1) is 6.33 Å². The molecule has 16 heavy (non-hydrogen) atoms. The highest BCUT2D eigenvalue weighted by molar-refractivity contribution is 5.24. The summed E-state index contributed by atoms with van der Waals surface area (Å²) >= 11 is 0. The molecule has 0 aliphatic rings. The first-order chi connectivity index (χ1) is 7.79. The van der Waals surface area contributed by atoms with Crippen LogP contribution in [0.25, 0.3) is 0 Å². The average Bonchev–Trinajstić information content (AvgIpc) is 2.82. The third-order valence-corrected chi connectivity index (χ3v) is 2.78. The van der Waals surface area contributed by atoms with Gasteiger partial charge in [-0.1, -0.05) is 31.2 Å². The molecule has 2 N–H and O–H groups in total. The van der Waals surface area contributed by atoms with Crippen LogP contribution < -0.4 is 5.73 Å². The number of hydrogen-bond donors (Lipinski definition) is 1. The maximum absolute atomic E-state index is 6.13. The van der Waals surface area contributed by atoms with Gasteiger partial charge in [-0.2, -0.15) is 0 Å². The summed E-state index contributed by atoms with van der Waals surface area (Å²) in [6.07, 6.45) is 6.56. The molecule has 0 saturated carbocycles. The SMILES string of the molecule is CCc1ccc(C(N)Cn2ccnc2)cc1. The van der Waals surface area contributed by atoms with Crippen molar-refractivity contribution in [2.75, 3.05) is 0 Å². The standard InChI is InChI=1S/C13H17N3/c1-2-11-3-5-12(6-4-11)13(14)9-16-8-7-15-10-16/h3-8,10,13H,2,9,14H2,1H3. The monoisotopic (exact) mass is 215 g/mol. The molecule has 1 heterocycles. The predicted octanol–water partition coefficient (Wildman–Crippen LogP) is 2.15. The molecule has 1 aromatic heterocycles. The van der Waals surface area contributed by atoms with E-state index >= 15 is 0 Å². The van der Waals surface area contributed by atoms with Crippen molar-refractivity contribution in [1.29, 1.82) is 0 Å². The Balaban J connectivity index is 2.05. The highest BCUT2D eigenvalue weighted by Crippen LogP contribution is 2.13. The van der Waals surface area contributed by atoms with Crippen LogP contribution >= 0.6 is 0 Å². The maximum atomic E-state index is 6.13. The fourth-order valence-electron chi connectivity index (χ4n) is 1.73. The smallest absolute Gasteiger partial charge is 0.0946 e. The molecule has 0 spiro atoms. The maximum Gasteiger partial charge on any atom is 0.0946 e. The van der Waals surface area contributed by atoms with E-state index in [1.165, 1.54) is 11.1 Å². The Morgan fingerprint density at radius 2 is 2.06 bits per heavy atom. The van der Waals surface area contributed by atoms with Crippen LogP contribution in [-0.4, -0.2) is 9.55 Å². The summed E-state index contributed by atoms with van der Waals surface area (Å²) in [7, 11) is 0. The van der Waals surface area contributed by atoms with Gasteiger partial charge in [0.25, 0.3) is 0 Å². The van der Waals surface area contributed by atoms with Crippen molar-refractivity contribution in [1.82, 2.24) is 9.55 Å². The van der Waals surface area contributed by atoms with Gasteiger partial charge in [0.15, 0.2) is 0 Å². The molecule has 0 saturated heterocycles. The van der Waals surface area contributed by atoms with Crippen molar-refractivity contribution >= 4 is 0 Å². The van der Waals surface area contributed by atoms with E-state index in [9.17, 15) is 0 Å². The van der Waals surface area contributed by atoms with Gasteiger partial charge in [-0.25, -0.2) is 4.98 Å². The summed E-state index contributed by atoms with van der Waals surface area (Å²) in [4.78, 5) is 4.00. The van der Waals surface area contributed by atoms with E-state index in [2.05, 4.69) is 36.2 Å². The normalized spacial score (nSPS) is 12.6. The van der Waals surface area contributed by atoms with Crippen molar-refractivity contribution < 1.29 is 0 Å². The molecule has 3 nitrogen and oxygen atoms in total. The van der Waals surface area contributed by atoms with E-state index < -0.39 is 0 Å². The van der Waals surface area contributed by atoms with Gasteiger partial charge in [0.2, 0.25) is 0 Å². The molecule has 0 fully saturated rings. The van der Waals surface area contributed by atoms with Gasteiger partial charge >= 0.3 is 0 Å². The summed E-state index contributed by atoms with van der Waals surface area (Å²) in [6.45, 7) is 2.92. The topological polar surface area (TPSA) is 43.8 Å². The zero-order chi connectivity index (χ0) is 11.4. The number of hydrogen-bond acceptors (Lipinski definition) is 2. The fourth-order valence-corrected chi connectivity index (χ4v) is 1.73.